The van der Waals surface area contributed by atoms with Crippen LogP contribution in [0.2, 0.25) is 0 Å². The molecule has 0 spiro atoms. The van der Waals surface area contributed by atoms with Crippen LogP contribution >= 0.6 is 0 Å². The van der Waals surface area contributed by atoms with E-state index in [1.54, 1.807) is 0 Å². The van der Waals surface area contributed by atoms with Crippen molar-refractivity contribution < 1.29 is 44.6 Å². The first-order valence-electron chi connectivity index (χ1n) is 13.8. The Labute approximate surface area is 250 Å². The van der Waals surface area contributed by atoms with Crippen molar-refractivity contribution in [3.05, 3.63) is 53.9 Å². The molecule has 3 aromatic heterocycles. The number of aromatic amines is 3. The van der Waals surface area contributed by atoms with Crippen molar-refractivity contribution in [2.45, 2.75) is 114 Å². The Balaban J connectivity index is 2.20. The minimum Gasteiger partial charge on any atom is -0.387 e. The number of hydrogen-bond acceptors (Lipinski definition) is 12. The molecule has 3 rings (SSSR count). The first kappa shape index (κ1) is 34.8. The second kappa shape index (κ2) is 12.0. The summed E-state index contributed by atoms with van der Waals surface area (Å²) >= 11 is 0. The number of hydrogen-bond donors (Lipinski definition) is 9. The summed E-state index contributed by atoms with van der Waals surface area (Å²) < 4.78 is 18.9. The topological polar surface area (TPSA) is 235 Å². The highest BCUT2D eigenvalue weighted by Crippen LogP contribution is 2.44. The third-order valence-corrected chi connectivity index (χ3v) is 8.46. The molecule has 0 aliphatic carbocycles. The first-order chi connectivity index (χ1) is 19.5. The molecule has 0 aliphatic heterocycles. The predicted octanol–water partition coefficient (Wildman–Crippen LogP) is 0.980. The van der Waals surface area contributed by atoms with Gasteiger partial charge in [-0.1, -0.05) is 0 Å². The maximum Gasteiger partial charge on any atom is 0.641 e. The van der Waals surface area contributed by atoms with Gasteiger partial charge in [0, 0.05) is 35.3 Å². The number of H-pyrrole nitrogens is 3. The fourth-order valence-electron chi connectivity index (χ4n) is 4.21. The van der Waals surface area contributed by atoms with Gasteiger partial charge in [-0.25, -0.2) is 0 Å². The van der Waals surface area contributed by atoms with E-state index in [1.807, 2.05) is 0 Å². The van der Waals surface area contributed by atoms with Crippen molar-refractivity contribution in [3.8, 4) is 0 Å². The van der Waals surface area contributed by atoms with E-state index in [0.29, 0.717) is 16.7 Å². The lowest BCUT2D eigenvalue weighted by atomic mass is 9.78. The summed E-state index contributed by atoms with van der Waals surface area (Å²) in [5.41, 5.74) is -10.4. The van der Waals surface area contributed by atoms with Crippen LogP contribution in [0.4, 0.5) is 0 Å². The highest BCUT2D eigenvalue weighted by atomic mass is 16.8. The van der Waals surface area contributed by atoms with Crippen molar-refractivity contribution in [1.82, 2.24) is 30.6 Å². The van der Waals surface area contributed by atoms with Crippen LogP contribution < -0.4 is 0 Å². The normalized spacial score (nSPS) is 19.6. The van der Waals surface area contributed by atoms with Gasteiger partial charge in [0.1, 0.15) is 35.1 Å². The van der Waals surface area contributed by atoms with Gasteiger partial charge in [0.2, 0.25) is 0 Å². The molecule has 6 atom stereocenters. The summed E-state index contributed by atoms with van der Waals surface area (Å²) in [6, 6.07) is 0. The smallest absolute Gasteiger partial charge is 0.387 e. The minimum absolute atomic E-state index is 0.299. The Morgan fingerprint density at radius 2 is 0.744 bits per heavy atom. The lowest BCUT2D eigenvalue weighted by Gasteiger charge is -2.46. The van der Waals surface area contributed by atoms with Crippen molar-refractivity contribution in [1.29, 1.82) is 0 Å². The highest BCUT2D eigenvalue weighted by molar-refractivity contribution is 6.36. The van der Waals surface area contributed by atoms with Crippen LogP contribution in [0.3, 0.4) is 0 Å². The first-order valence-corrected chi connectivity index (χ1v) is 13.8. The molecule has 0 bridgehead atoms. The molecule has 6 unspecified atom stereocenters. The molecule has 0 fully saturated rings. The lowest BCUT2D eigenvalue weighted by molar-refractivity contribution is -0.212. The molecule has 0 saturated heterocycles. The predicted molar refractivity (Wildman–Crippen MR) is 154 cm³/mol. The van der Waals surface area contributed by atoms with E-state index in [4.69, 9.17) is 14.0 Å². The molecular weight excluding hydrogens is 563 g/mol. The number of rotatable bonds is 15. The van der Waals surface area contributed by atoms with Crippen LogP contribution in [-0.2, 0) is 14.0 Å². The van der Waals surface area contributed by atoms with E-state index in [2.05, 4.69) is 30.6 Å². The Morgan fingerprint density at radius 1 is 0.512 bits per heavy atom. The molecule has 3 heterocycles. The number of nitrogens with zero attached hydrogens (tertiary/aromatic N) is 3. The fourth-order valence-corrected chi connectivity index (χ4v) is 4.21. The van der Waals surface area contributed by atoms with Gasteiger partial charge >= 0.3 is 7.32 Å². The lowest BCUT2D eigenvalue weighted by Crippen LogP contribution is -2.58. The summed E-state index contributed by atoms with van der Waals surface area (Å²) in [7, 11) is -1.86. The van der Waals surface area contributed by atoms with E-state index in [0.717, 1.165) is 0 Å². The van der Waals surface area contributed by atoms with Crippen LogP contribution in [0, 0.1) is 0 Å². The van der Waals surface area contributed by atoms with Gasteiger partial charge in [-0.2, -0.15) is 15.3 Å². The van der Waals surface area contributed by atoms with E-state index in [1.165, 1.54) is 99.5 Å². The zero-order chi connectivity index (χ0) is 32.6. The molecule has 3 aromatic rings. The summed E-state index contributed by atoms with van der Waals surface area (Å²) in [4.78, 5) is 0. The zero-order valence-electron chi connectivity index (χ0n) is 26.0. The highest BCUT2D eigenvalue weighted by Gasteiger charge is 2.55. The quantitative estimate of drug-likeness (QED) is 0.110. The van der Waals surface area contributed by atoms with E-state index >= 15 is 0 Å². The monoisotopic (exact) mass is 608 g/mol. The van der Waals surface area contributed by atoms with Crippen molar-refractivity contribution >= 4 is 7.32 Å². The van der Waals surface area contributed by atoms with E-state index in [9.17, 15) is 30.6 Å². The summed E-state index contributed by atoms with van der Waals surface area (Å²) in [5, 5.41) is 87.4. The average Bonchev–Trinajstić information content (AvgIpc) is 3.65. The SMILES string of the molecule is CC(C)(O)C(C)(O)C(OB(OC(c1cn[nH]c1)C(C)(O)C(C)(C)O)OC(c1cn[nH]c1)C(C)(O)C(C)(C)O)c1cn[nH]c1. The van der Waals surface area contributed by atoms with Crippen LogP contribution in [0.5, 0.6) is 0 Å². The van der Waals surface area contributed by atoms with Gasteiger partial charge in [0.15, 0.2) is 0 Å². The molecule has 240 valence electrons. The molecule has 9 N–H and O–H groups in total. The number of aromatic nitrogens is 6. The molecular formula is C27H45BN6O9. The Hall–Kier alpha value is -2.67. The summed E-state index contributed by atoms with van der Waals surface area (Å²) in [6.07, 6.45) is 4.32. The Morgan fingerprint density at radius 3 is 0.907 bits per heavy atom. The zero-order valence-corrected chi connectivity index (χ0v) is 26.0. The molecule has 43 heavy (non-hydrogen) atoms. The Kier molecular flexibility index (Phi) is 9.74. The van der Waals surface area contributed by atoms with Crippen molar-refractivity contribution in [2.24, 2.45) is 0 Å². The minimum atomic E-state index is -2.00. The summed E-state index contributed by atoms with van der Waals surface area (Å²) in [6.45, 7) is 12.4. The van der Waals surface area contributed by atoms with Crippen LogP contribution in [0.25, 0.3) is 0 Å². The molecule has 0 amide bonds. The molecule has 15 nitrogen and oxygen atoms in total. The maximum absolute atomic E-state index is 11.6. The molecule has 16 heteroatoms. The van der Waals surface area contributed by atoms with Gasteiger partial charge in [-0.05, 0) is 62.3 Å². The molecule has 0 radical (unpaired) electrons. The second-order valence-electron chi connectivity index (χ2n) is 13.1. The third-order valence-electron chi connectivity index (χ3n) is 8.46. The van der Waals surface area contributed by atoms with Crippen LogP contribution in [-0.4, -0.2) is 102 Å². The van der Waals surface area contributed by atoms with Crippen LogP contribution in [0.15, 0.2) is 37.2 Å². The maximum atomic E-state index is 11.6. The third kappa shape index (κ3) is 7.19. The van der Waals surface area contributed by atoms with Gasteiger partial charge in [0.25, 0.3) is 0 Å². The van der Waals surface area contributed by atoms with Gasteiger partial charge < -0.3 is 44.6 Å². The van der Waals surface area contributed by atoms with Gasteiger partial charge in [-0.15, -0.1) is 0 Å². The average molecular weight is 609 g/mol. The molecule has 0 aromatic carbocycles. The molecule has 0 aliphatic rings. The summed E-state index contributed by atoms with van der Waals surface area (Å²) in [5.74, 6) is 0. The second-order valence-corrected chi connectivity index (χ2v) is 13.1. The van der Waals surface area contributed by atoms with Crippen molar-refractivity contribution in [3.63, 3.8) is 0 Å². The van der Waals surface area contributed by atoms with Crippen LogP contribution in [0.1, 0.15) is 97.3 Å². The van der Waals surface area contributed by atoms with Gasteiger partial charge in [0.05, 0.1) is 35.4 Å². The Bertz CT molecular complexity index is 1100. The number of nitrogens with one attached hydrogen (secondary N) is 3. The standard InChI is InChI=1S/C27H45BN6O9/c1-22(2,35)25(7,38)19(16-10-29-30-11-16)41-28(42-20(17-12-31-32-13-17)26(8,39)23(3,4)36)43-21(18-14-33-34-15-18)27(9,40)24(5,6)37/h10-15,19-21,35-40H,1-9H3,(H,29,30)(H,31,32)(H,33,34). The van der Waals surface area contributed by atoms with E-state index < -0.39 is 59.2 Å². The van der Waals surface area contributed by atoms with Gasteiger partial charge in [-0.3, -0.25) is 15.3 Å². The fraction of sp³-hybridized carbons (Fsp3) is 0.667. The number of aliphatic hydroxyl groups is 6. The van der Waals surface area contributed by atoms with E-state index in [-0.39, 0.29) is 0 Å². The van der Waals surface area contributed by atoms with Crippen molar-refractivity contribution in [2.75, 3.05) is 0 Å². The largest absolute Gasteiger partial charge is 0.641 e. The molecule has 0 saturated carbocycles.